The van der Waals surface area contributed by atoms with E-state index in [0.29, 0.717) is 11.9 Å². The molecule has 1 aromatic heterocycles. The Bertz CT molecular complexity index is 320. The average Bonchev–Trinajstić information content (AvgIpc) is 2.80. The molecule has 1 aromatic rings. The number of rotatable bonds is 4. The van der Waals surface area contributed by atoms with Crippen LogP contribution in [0.4, 0.5) is 6.01 Å². The van der Waals surface area contributed by atoms with Gasteiger partial charge < -0.3 is 14.6 Å². The second kappa shape index (κ2) is 5.30. The first kappa shape index (κ1) is 11.4. The van der Waals surface area contributed by atoms with E-state index >= 15 is 0 Å². The maximum Gasteiger partial charge on any atom is 0.318 e. The number of nitrogens with one attached hydrogen (secondary N) is 1. The number of hydrogen-bond donors (Lipinski definition) is 1. The summed E-state index contributed by atoms with van der Waals surface area (Å²) in [6, 6.07) is 0.815. The van der Waals surface area contributed by atoms with Crippen LogP contribution in [0.3, 0.4) is 0 Å². The molecule has 0 saturated carbocycles. The summed E-state index contributed by atoms with van der Waals surface area (Å²) in [4.78, 5) is 2.18. The zero-order valence-electron chi connectivity index (χ0n) is 10.1. The number of hydrogen-bond acceptors (Lipinski definition) is 5. The highest BCUT2D eigenvalue weighted by Crippen LogP contribution is 2.20. The summed E-state index contributed by atoms with van der Waals surface area (Å²) in [7, 11) is 0. The van der Waals surface area contributed by atoms with Crippen molar-refractivity contribution in [3.8, 4) is 0 Å². The standard InChI is InChI=1S/C11H20N4O/c1-3-12-9(2)10-13-14-11(16-10)15-7-5-4-6-8-15/h9,12H,3-8H2,1-2H3. The number of nitrogens with zero attached hydrogens (tertiary/aromatic N) is 3. The Morgan fingerprint density at radius 1 is 1.31 bits per heavy atom. The van der Waals surface area contributed by atoms with Gasteiger partial charge in [-0.3, -0.25) is 0 Å². The molecule has 0 amide bonds. The van der Waals surface area contributed by atoms with Crippen LogP contribution in [0, 0.1) is 0 Å². The lowest BCUT2D eigenvalue weighted by molar-refractivity contribution is 0.411. The summed E-state index contributed by atoms with van der Waals surface area (Å²) in [5, 5.41) is 11.5. The number of piperidine rings is 1. The van der Waals surface area contributed by atoms with Crippen LogP contribution in [0.2, 0.25) is 0 Å². The van der Waals surface area contributed by atoms with Crippen molar-refractivity contribution in [2.45, 2.75) is 39.2 Å². The molecule has 1 aliphatic rings. The molecule has 90 valence electrons. The molecule has 16 heavy (non-hydrogen) atoms. The molecule has 1 aliphatic heterocycles. The second-order valence-corrected chi connectivity index (χ2v) is 4.25. The molecule has 1 saturated heterocycles. The predicted octanol–water partition coefficient (Wildman–Crippen LogP) is 1.73. The van der Waals surface area contributed by atoms with E-state index < -0.39 is 0 Å². The van der Waals surface area contributed by atoms with E-state index in [-0.39, 0.29) is 6.04 Å². The van der Waals surface area contributed by atoms with Gasteiger partial charge in [0.1, 0.15) is 0 Å². The summed E-state index contributed by atoms with van der Waals surface area (Å²) < 4.78 is 5.68. The third-order valence-corrected chi connectivity index (χ3v) is 2.94. The Hall–Kier alpha value is -1.10. The van der Waals surface area contributed by atoms with E-state index in [0.717, 1.165) is 19.6 Å². The summed E-state index contributed by atoms with van der Waals surface area (Å²) in [5.41, 5.74) is 0. The molecule has 0 aromatic carbocycles. The van der Waals surface area contributed by atoms with E-state index in [4.69, 9.17) is 4.42 Å². The van der Waals surface area contributed by atoms with Crippen molar-refractivity contribution >= 4 is 6.01 Å². The van der Waals surface area contributed by atoms with Gasteiger partial charge in [0, 0.05) is 13.1 Å². The van der Waals surface area contributed by atoms with E-state index in [1.165, 1.54) is 19.3 Å². The van der Waals surface area contributed by atoms with E-state index in [2.05, 4.69) is 27.3 Å². The largest absolute Gasteiger partial charge is 0.406 e. The quantitative estimate of drug-likeness (QED) is 0.844. The van der Waals surface area contributed by atoms with Crippen molar-refractivity contribution in [3.63, 3.8) is 0 Å². The van der Waals surface area contributed by atoms with Crippen molar-refractivity contribution in [1.29, 1.82) is 0 Å². The van der Waals surface area contributed by atoms with Gasteiger partial charge in [0.25, 0.3) is 0 Å². The molecule has 0 spiro atoms. The zero-order valence-corrected chi connectivity index (χ0v) is 10.1. The van der Waals surface area contributed by atoms with Crippen LogP contribution in [0.5, 0.6) is 0 Å². The highest BCUT2D eigenvalue weighted by Gasteiger charge is 2.19. The molecule has 2 heterocycles. The minimum Gasteiger partial charge on any atom is -0.406 e. The van der Waals surface area contributed by atoms with Crippen molar-refractivity contribution in [3.05, 3.63) is 5.89 Å². The minimum atomic E-state index is 0.135. The molecule has 1 atom stereocenters. The van der Waals surface area contributed by atoms with Crippen LogP contribution in [0.15, 0.2) is 4.42 Å². The average molecular weight is 224 g/mol. The molecule has 2 rings (SSSR count). The van der Waals surface area contributed by atoms with Crippen molar-refractivity contribution in [2.75, 3.05) is 24.5 Å². The molecule has 1 unspecified atom stereocenters. The molecule has 5 nitrogen and oxygen atoms in total. The van der Waals surface area contributed by atoms with Crippen LogP contribution in [0.25, 0.3) is 0 Å². The molecule has 0 aliphatic carbocycles. The lowest BCUT2D eigenvalue weighted by Gasteiger charge is -2.24. The third-order valence-electron chi connectivity index (χ3n) is 2.94. The summed E-state index contributed by atoms with van der Waals surface area (Å²) in [6.45, 7) is 7.09. The Morgan fingerprint density at radius 3 is 2.75 bits per heavy atom. The number of aromatic nitrogens is 2. The Morgan fingerprint density at radius 2 is 2.06 bits per heavy atom. The summed E-state index contributed by atoms with van der Waals surface area (Å²) in [5.74, 6) is 0.683. The summed E-state index contributed by atoms with van der Waals surface area (Å²) >= 11 is 0. The third kappa shape index (κ3) is 2.52. The highest BCUT2D eigenvalue weighted by molar-refractivity contribution is 5.24. The van der Waals surface area contributed by atoms with Crippen LogP contribution in [-0.4, -0.2) is 29.8 Å². The topological polar surface area (TPSA) is 54.2 Å². The van der Waals surface area contributed by atoms with Gasteiger partial charge >= 0.3 is 6.01 Å². The SMILES string of the molecule is CCNC(C)c1nnc(N2CCCCC2)o1. The van der Waals surface area contributed by atoms with E-state index in [1.54, 1.807) is 0 Å². The van der Waals surface area contributed by atoms with E-state index in [1.807, 2.05) is 6.92 Å². The first-order valence-electron chi connectivity index (χ1n) is 6.13. The molecule has 1 fully saturated rings. The Labute approximate surface area is 96.2 Å². The van der Waals surface area contributed by atoms with Gasteiger partial charge in [-0.05, 0) is 32.7 Å². The van der Waals surface area contributed by atoms with Gasteiger partial charge in [-0.15, -0.1) is 5.10 Å². The Kier molecular flexibility index (Phi) is 3.77. The molecule has 5 heteroatoms. The minimum absolute atomic E-state index is 0.135. The lowest BCUT2D eigenvalue weighted by atomic mass is 10.1. The maximum absolute atomic E-state index is 5.68. The maximum atomic E-state index is 5.68. The van der Waals surface area contributed by atoms with Crippen LogP contribution >= 0.6 is 0 Å². The van der Waals surface area contributed by atoms with E-state index in [9.17, 15) is 0 Å². The van der Waals surface area contributed by atoms with Gasteiger partial charge in [0.05, 0.1) is 6.04 Å². The molecule has 0 radical (unpaired) electrons. The van der Waals surface area contributed by atoms with Crippen LogP contribution in [-0.2, 0) is 0 Å². The van der Waals surface area contributed by atoms with Gasteiger partial charge in [0.15, 0.2) is 0 Å². The molecular formula is C11H20N4O. The predicted molar refractivity (Wildman–Crippen MR) is 62.5 cm³/mol. The van der Waals surface area contributed by atoms with Crippen molar-refractivity contribution in [1.82, 2.24) is 15.5 Å². The molecule has 0 bridgehead atoms. The zero-order chi connectivity index (χ0) is 11.4. The Balaban J connectivity index is 2.00. The normalized spacial score (nSPS) is 18.8. The van der Waals surface area contributed by atoms with Crippen molar-refractivity contribution in [2.24, 2.45) is 0 Å². The fourth-order valence-electron chi connectivity index (χ4n) is 2.01. The fourth-order valence-corrected chi connectivity index (χ4v) is 2.01. The van der Waals surface area contributed by atoms with Crippen LogP contribution in [0.1, 0.15) is 45.0 Å². The first-order valence-corrected chi connectivity index (χ1v) is 6.13. The van der Waals surface area contributed by atoms with Gasteiger partial charge in [-0.2, -0.15) is 0 Å². The van der Waals surface area contributed by atoms with Crippen molar-refractivity contribution < 1.29 is 4.42 Å². The summed E-state index contributed by atoms with van der Waals surface area (Å²) in [6.07, 6.45) is 3.76. The van der Waals surface area contributed by atoms with Gasteiger partial charge in [0.2, 0.25) is 5.89 Å². The smallest absolute Gasteiger partial charge is 0.318 e. The van der Waals surface area contributed by atoms with Gasteiger partial charge in [-0.1, -0.05) is 12.0 Å². The first-order chi connectivity index (χ1) is 7.81. The fraction of sp³-hybridized carbons (Fsp3) is 0.818. The van der Waals surface area contributed by atoms with Gasteiger partial charge in [-0.25, -0.2) is 0 Å². The lowest BCUT2D eigenvalue weighted by Crippen LogP contribution is -2.29. The second-order valence-electron chi connectivity index (χ2n) is 4.25. The number of anilines is 1. The monoisotopic (exact) mass is 224 g/mol. The molecule has 1 N–H and O–H groups in total. The highest BCUT2D eigenvalue weighted by atomic mass is 16.4. The van der Waals surface area contributed by atoms with Crippen LogP contribution < -0.4 is 10.2 Å². The molecular weight excluding hydrogens is 204 g/mol.